The molecule has 0 unspecified atom stereocenters. The molecule has 1 atom stereocenters. The molecule has 0 bridgehead atoms. The maximum Gasteiger partial charge on any atom is 0.320 e. The molecule has 0 aliphatic heterocycles. The molecule has 1 aromatic rings. The van der Waals surface area contributed by atoms with Crippen molar-refractivity contribution < 1.29 is 27.2 Å². The van der Waals surface area contributed by atoms with Crippen molar-refractivity contribution in [2.24, 2.45) is 11.7 Å². The summed E-state index contributed by atoms with van der Waals surface area (Å²) < 4.78 is 0. The van der Waals surface area contributed by atoms with Crippen LogP contribution >= 0.6 is 0 Å². The van der Waals surface area contributed by atoms with Crippen molar-refractivity contribution in [3.8, 4) is 0 Å². The lowest BCUT2D eigenvalue weighted by molar-refractivity contribution is -0.384. The van der Waals surface area contributed by atoms with Crippen LogP contribution in [0.2, 0.25) is 0 Å². The van der Waals surface area contributed by atoms with Gasteiger partial charge in [0.1, 0.15) is 6.04 Å². The fourth-order valence-corrected chi connectivity index (χ4v) is 2.67. The number of hydrogen-bond acceptors (Lipinski definition) is 5. The van der Waals surface area contributed by atoms with Crippen molar-refractivity contribution in [1.82, 2.24) is 4.90 Å². The second-order valence-electron chi connectivity index (χ2n) is 6.39. The van der Waals surface area contributed by atoms with E-state index in [-0.39, 0.29) is 18.1 Å². The average molecular weight is 373 g/mol. The third-order valence-corrected chi connectivity index (χ3v) is 3.79. The summed E-state index contributed by atoms with van der Waals surface area (Å²) in [7, 11) is 0. The van der Waals surface area contributed by atoms with E-state index in [0.29, 0.717) is 32.0 Å². The minimum absolute atomic E-state index is 0. The normalized spacial score (nSPS) is 12.0. The van der Waals surface area contributed by atoms with E-state index in [0.717, 1.165) is 18.4 Å². The van der Waals surface area contributed by atoms with Crippen LogP contribution in [0.3, 0.4) is 0 Å². The summed E-state index contributed by atoms with van der Waals surface area (Å²) in [5, 5.41) is 20.3. The van der Waals surface area contributed by atoms with Gasteiger partial charge in [0.05, 0.1) is 4.92 Å². The number of unbranched alkanes of at least 4 members (excludes halogenated alkanes) is 1. The zero-order chi connectivity index (χ0) is 18.1. The SMILES string of the molecule is CC(C)CN(Cc1ccc([N+](=O)[O-])cc1)[C@H](CCCCN)C(=O)O.[Cl-]. The number of aliphatic carboxylic acids is 1. The first-order valence-electron chi connectivity index (χ1n) is 8.25. The van der Waals surface area contributed by atoms with E-state index in [2.05, 4.69) is 0 Å². The third kappa shape index (κ3) is 8.29. The van der Waals surface area contributed by atoms with Gasteiger partial charge >= 0.3 is 5.97 Å². The van der Waals surface area contributed by atoms with E-state index in [1.807, 2.05) is 18.7 Å². The molecule has 0 fully saturated rings. The molecule has 0 aromatic heterocycles. The Morgan fingerprint density at radius 3 is 2.32 bits per heavy atom. The number of halogens is 1. The number of nitro benzene ring substituents is 1. The molecule has 0 saturated carbocycles. The summed E-state index contributed by atoms with van der Waals surface area (Å²) in [6, 6.07) is 5.70. The van der Waals surface area contributed by atoms with Gasteiger partial charge in [-0.15, -0.1) is 0 Å². The first kappa shape index (κ1) is 23.3. The predicted molar refractivity (Wildman–Crippen MR) is 92.7 cm³/mol. The van der Waals surface area contributed by atoms with Crippen molar-refractivity contribution in [3.05, 3.63) is 39.9 Å². The standard InChI is InChI=1S/C17H27N3O4.ClH/c1-13(2)11-19(16(17(21)22)5-3-4-10-18)12-14-6-8-15(9-7-14)20(23)24;/h6-9,13,16H,3-5,10-12,18H2,1-2H3,(H,21,22);1H/p-1/t16-;/m1./s1. The van der Waals surface area contributed by atoms with Gasteiger partial charge in [-0.3, -0.25) is 19.8 Å². The van der Waals surface area contributed by atoms with Crippen LogP contribution in [0.15, 0.2) is 24.3 Å². The summed E-state index contributed by atoms with van der Waals surface area (Å²) in [4.78, 5) is 23.9. The smallest absolute Gasteiger partial charge is 0.320 e. The number of carbonyl (C=O) groups is 1. The highest BCUT2D eigenvalue weighted by atomic mass is 35.5. The Morgan fingerprint density at radius 1 is 1.28 bits per heavy atom. The van der Waals surface area contributed by atoms with Crippen molar-refractivity contribution in [3.63, 3.8) is 0 Å². The largest absolute Gasteiger partial charge is 1.00 e. The highest BCUT2D eigenvalue weighted by Crippen LogP contribution is 2.18. The zero-order valence-electron chi connectivity index (χ0n) is 14.7. The van der Waals surface area contributed by atoms with Crippen LogP contribution in [0.1, 0.15) is 38.7 Å². The van der Waals surface area contributed by atoms with Gasteiger partial charge in [0.2, 0.25) is 0 Å². The molecule has 1 rings (SSSR count). The second kappa shape index (κ2) is 11.8. The van der Waals surface area contributed by atoms with Gasteiger partial charge in [0, 0.05) is 25.2 Å². The first-order valence-corrected chi connectivity index (χ1v) is 8.25. The summed E-state index contributed by atoms with van der Waals surface area (Å²) >= 11 is 0. The van der Waals surface area contributed by atoms with Gasteiger partial charge in [0.15, 0.2) is 0 Å². The van der Waals surface area contributed by atoms with Gasteiger partial charge < -0.3 is 23.2 Å². The highest BCUT2D eigenvalue weighted by Gasteiger charge is 2.26. The Bertz CT molecular complexity index is 537. The van der Waals surface area contributed by atoms with Crippen LogP contribution in [0.4, 0.5) is 5.69 Å². The van der Waals surface area contributed by atoms with Crippen LogP contribution < -0.4 is 18.1 Å². The number of benzene rings is 1. The molecule has 3 N–H and O–H groups in total. The van der Waals surface area contributed by atoms with E-state index in [1.54, 1.807) is 12.1 Å². The summed E-state index contributed by atoms with van der Waals surface area (Å²) in [6.07, 6.45) is 2.12. The maximum atomic E-state index is 11.7. The highest BCUT2D eigenvalue weighted by molar-refractivity contribution is 5.73. The van der Waals surface area contributed by atoms with Crippen LogP contribution in [0.5, 0.6) is 0 Å². The van der Waals surface area contributed by atoms with Crippen molar-refractivity contribution in [2.45, 2.75) is 45.7 Å². The van der Waals surface area contributed by atoms with Crippen LogP contribution in [-0.4, -0.2) is 40.0 Å². The maximum absolute atomic E-state index is 11.7. The van der Waals surface area contributed by atoms with E-state index in [9.17, 15) is 20.0 Å². The number of non-ortho nitro benzene ring substituents is 1. The molecule has 0 radical (unpaired) electrons. The molecule has 0 amide bonds. The molecule has 0 spiro atoms. The number of carboxylic acids is 1. The number of hydrogen-bond donors (Lipinski definition) is 2. The summed E-state index contributed by atoms with van der Waals surface area (Å²) in [5.41, 5.74) is 6.39. The zero-order valence-corrected chi connectivity index (χ0v) is 15.5. The molecule has 0 saturated heterocycles. The lowest BCUT2D eigenvalue weighted by atomic mass is 10.0. The Hall–Kier alpha value is -1.70. The Kier molecular flexibility index (Phi) is 11.0. The van der Waals surface area contributed by atoms with Gasteiger partial charge in [-0.05, 0) is 30.9 Å². The Morgan fingerprint density at radius 2 is 1.88 bits per heavy atom. The molecule has 8 heteroatoms. The van der Waals surface area contributed by atoms with Gasteiger partial charge in [-0.2, -0.15) is 0 Å². The predicted octanol–water partition coefficient (Wildman–Crippen LogP) is -0.361. The van der Waals surface area contributed by atoms with Crippen molar-refractivity contribution in [2.75, 3.05) is 13.1 Å². The molecule has 1 aromatic carbocycles. The van der Waals surface area contributed by atoms with Gasteiger partial charge in [-0.1, -0.05) is 32.4 Å². The quantitative estimate of drug-likeness (QED) is 0.312. The molecular formula is C17H27ClN3O4-. The topological polar surface area (TPSA) is 110 Å². The minimum atomic E-state index is -0.838. The Balaban J connectivity index is 0.00000576. The Labute approximate surface area is 154 Å². The van der Waals surface area contributed by atoms with Crippen LogP contribution in [0, 0.1) is 16.0 Å². The molecule has 0 heterocycles. The van der Waals surface area contributed by atoms with Gasteiger partial charge in [-0.25, -0.2) is 0 Å². The van der Waals surface area contributed by atoms with E-state index in [4.69, 9.17) is 5.73 Å². The van der Waals surface area contributed by atoms with Crippen LogP contribution in [-0.2, 0) is 11.3 Å². The van der Waals surface area contributed by atoms with E-state index < -0.39 is 16.9 Å². The third-order valence-electron chi connectivity index (χ3n) is 3.79. The lowest BCUT2D eigenvalue weighted by Crippen LogP contribution is -3.00. The molecule has 7 nitrogen and oxygen atoms in total. The fourth-order valence-electron chi connectivity index (χ4n) is 2.67. The van der Waals surface area contributed by atoms with Crippen molar-refractivity contribution in [1.29, 1.82) is 0 Å². The van der Waals surface area contributed by atoms with Gasteiger partial charge in [0.25, 0.3) is 5.69 Å². The van der Waals surface area contributed by atoms with E-state index in [1.165, 1.54) is 12.1 Å². The van der Waals surface area contributed by atoms with E-state index >= 15 is 0 Å². The molecule has 25 heavy (non-hydrogen) atoms. The first-order chi connectivity index (χ1) is 11.3. The lowest BCUT2D eigenvalue weighted by Gasteiger charge is -2.30. The monoisotopic (exact) mass is 372 g/mol. The fraction of sp³-hybridized carbons (Fsp3) is 0.588. The number of carboxylic acid groups (broad SMARTS) is 1. The average Bonchev–Trinajstić information content (AvgIpc) is 2.50. The second-order valence-corrected chi connectivity index (χ2v) is 6.39. The number of rotatable bonds is 11. The number of nitrogens with zero attached hydrogens (tertiary/aromatic N) is 2. The molecule has 0 aliphatic carbocycles. The summed E-state index contributed by atoms with van der Waals surface area (Å²) in [5.74, 6) is -0.519. The molecule has 142 valence electrons. The number of nitrogens with two attached hydrogens (primary N) is 1. The molecule has 0 aliphatic rings. The molecular weight excluding hydrogens is 346 g/mol. The van der Waals surface area contributed by atoms with Crippen LogP contribution in [0.25, 0.3) is 0 Å². The number of nitro groups is 1. The minimum Gasteiger partial charge on any atom is -1.00 e. The van der Waals surface area contributed by atoms with Crippen molar-refractivity contribution >= 4 is 11.7 Å². The summed E-state index contributed by atoms with van der Waals surface area (Å²) in [6.45, 7) is 5.74.